The van der Waals surface area contributed by atoms with Crippen LogP contribution in [-0.2, 0) is 4.79 Å². The monoisotopic (exact) mass is 189 g/mol. The van der Waals surface area contributed by atoms with Gasteiger partial charge < -0.3 is 5.73 Å². The van der Waals surface area contributed by atoms with Gasteiger partial charge in [-0.3, -0.25) is 4.79 Å². The highest BCUT2D eigenvalue weighted by Crippen LogP contribution is 2.09. The van der Waals surface area contributed by atoms with Crippen LogP contribution < -0.4 is 5.73 Å². The van der Waals surface area contributed by atoms with E-state index < -0.39 is 5.91 Å². The molecule has 0 aliphatic rings. The van der Waals surface area contributed by atoms with E-state index in [0.29, 0.717) is 0 Å². The van der Waals surface area contributed by atoms with Crippen LogP contribution in [0.3, 0.4) is 0 Å². The van der Waals surface area contributed by atoms with Crippen LogP contribution in [-0.4, -0.2) is 5.91 Å². The molecular formula is C7H8ClNOS. The van der Waals surface area contributed by atoms with Crippen molar-refractivity contribution in [1.82, 2.24) is 0 Å². The van der Waals surface area contributed by atoms with Gasteiger partial charge in [0.15, 0.2) is 0 Å². The summed E-state index contributed by atoms with van der Waals surface area (Å²) in [4.78, 5) is 11.3. The third-order valence-corrected chi connectivity index (χ3v) is 1.79. The minimum atomic E-state index is -0.409. The van der Waals surface area contributed by atoms with Gasteiger partial charge in [0.1, 0.15) is 0 Å². The summed E-state index contributed by atoms with van der Waals surface area (Å²) in [6.45, 7) is 0. The number of carbonyl (C=O) groups excluding carboxylic acids is 1. The number of amides is 1. The molecule has 11 heavy (non-hydrogen) atoms. The number of halogens is 1. The van der Waals surface area contributed by atoms with Gasteiger partial charge in [-0.1, -0.05) is 6.07 Å². The average molecular weight is 190 g/mol. The lowest BCUT2D eigenvalue weighted by molar-refractivity contribution is -0.113. The van der Waals surface area contributed by atoms with Crippen LogP contribution in [0.25, 0.3) is 6.08 Å². The molecule has 0 spiro atoms. The highest BCUT2D eigenvalue weighted by molar-refractivity contribution is 7.10. The summed E-state index contributed by atoms with van der Waals surface area (Å²) in [6.07, 6.45) is 3.05. The molecule has 1 rings (SSSR count). The molecule has 1 aromatic heterocycles. The standard InChI is InChI=1S/C7H7NOS.ClH/c8-7(9)4-3-6-2-1-5-10-6;/h1-5H,(H2,8,9);1H. The normalized spacial score (nSPS) is 9.45. The van der Waals surface area contributed by atoms with Gasteiger partial charge in [-0.2, -0.15) is 0 Å². The van der Waals surface area contributed by atoms with E-state index in [9.17, 15) is 4.79 Å². The molecule has 0 fully saturated rings. The highest BCUT2D eigenvalue weighted by atomic mass is 35.5. The fourth-order valence-corrected chi connectivity index (χ4v) is 1.17. The number of nitrogens with two attached hydrogens (primary N) is 1. The van der Waals surface area contributed by atoms with Crippen LogP contribution in [0, 0.1) is 0 Å². The van der Waals surface area contributed by atoms with Crippen LogP contribution in [0.1, 0.15) is 4.88 Å². The van der Waals surface area contributed by atoms with Gasteiger partial charge in [0.25, 0.3) is 0 Å². The molecule has 0 saturated heterocycles. The van der Waals surface area contributed by atoms with Crippen molar-refractivity contribution in [3.63, 3.8) is 0 Å². The van der Waals surface area contributed by atoms with Crippen LogP contribution in [0.15, 0.2) is 23.6 Å². The average Bonchev–Trinajstić information content (AvgIpc) is 2.34. The molecule has 0 bridgehead atoms. The maximum Gasteiger partial charge on any atom is 0.241 e. The maximum absolute atomic E-state index is 10.2. The van der Waals surface area contributed by atoms with Crippen LogP contribution >= 0.6 is 23.7 Å². The first-order chi connectivity index (χ1) is 4.79. The largest absolute Gasteiger partial charge is 0.366 e. The zero-order valence-electron chi connectivity index (χ0n) is 5.69. The molecular weight excluding hydrogens is 182 g/mol. The Kier molecular flexibility index (Phi) is 4.57. The minimum absolute atomic E-state index is 0. The Bertz CT molecular complexity index is 243. The molecule has 0 atom stereocenters. The van der Waals surface area contributed by atoms with Gasteiger partial charge in [0.05, 0.1) is 0 Å². The second-order valence-corrected chi connectivity index (χ2v) is 2.73. The number of hydrogen-bond donors (Lipinski definition) is 1. The molecule has 60 valence electrons. The van der Waals surface area contributed by atoms with Crippen LogP contribution in [0.5, 0.6) is 0 Å². The predicted octanol–water partition coefficient (Wildman–Crippen LogP) is 1.67. The summed E-state index contributed by atoms with van der Waals surface area (Å²) in [6, 6.07) is 3.84. The maximum atomic E-state index is 10.2. The Balaban J connectivity index is 0.000001000. The van der Waals surface area contributed by atoms with E-state index in [1.807, 2.05) is 17.5 Å². The lowest BCUT2D eigenvalue weighted by atomic mass is 10.4. The summed E-state index contributed by atoms with van der Waals surface area (Å²) < 4.78 is 0. The van der Waals surface area contributed by atoms with Gasteiger partial charge in [-0.05, 0) is 17.5 Å². The second-order valence-electron chi connectivity index (χ2n) is 1.75. The van der Waals surface area contributed by atoms with Crippen molar-refractivity contribution in [2.24, 2.45) is 5.73 Å². The molecule has 2 N–H and O–H groups in total. The van der Waals surface area contributed by atoms with Crippen molar-refractivity contribution in [3.8, 4) is 0 Å². The Morgan fingerprint density at radius 1 is 1.64 bits per heavy atom. The summed E-state index contributed by atoms with van der Waals surface area (Å²) >= 11 is 1.57. The van der Waals surface area contributed by atoms with Gasteiger partial charge in [0, 0.05) is 11.0 Å². The summed E-state index contributed by atoms with van der Waals surface area (Å²) in [5.74, 6) is -0.409. The van der Waals surface area contributed by atoms with Crippen molar-refractivity contribution in [3.05, 3.63) is 28.5 Å². The highest BCUT2D eigenvalue weighted by Gasteiger charge is 1.86. The number of carbonyl (C=O) groups is 1. The van der Waals surface area contributed by atoms with E-state index in [2.05, 4.69) is 0 Å². The summed E-state index contributed by atoms with van der Waals surface area (Å²) in [5.41, 5.74) is 4.89. The van der Waals surface area contributed by atoms with Gasteiger partial charge in [0.2, 0.25) is 5.91 Å². The predicted molar refractivity (Wildman–Crippen MR) is 49.8 cm³/mol. The Labute approximate surface area is 75.1 Å². The van der Waals surface area contributed by atoms with Gasteiger partial charge in [-0.25, -0.2) is 0 Å². The minimum Gasteiger partial charge on any atom is -0.366 e. The zero-order valence-corrected chi connectivity index (χ0v) is 7.32. The Morgan fingerprint density at radius 3 is 2.82 bits per heavy atom. The number of thiophene rings is 1. The van der Waals surface area contributed by atoms with Gasteiger partial charge in [-0.15, -0.1) is 23.7 Å². The number of hydrogen-bond acceptors (Lipinski definition) is 2. The molecule has 0 saturated carbocycles. The van der Waals surface area contributed by atoms with E-state index in [1.54, 1.807) is 17.4 Å². The number of rotatable bonds is 2. The lowest BCUT2D eigenvalue weighted by Gasteiger charge is -1.79. The van der Waals surface area contributed by atoms with Crippen molar-refractivity contribution < 1.29 is 4.79 Å². The smallest absolute Gasteiger partial charge is 0.241 e. The summed E-state index contributed by atoms with van der Waals surface area (Å²) in [7, 11) is 0. The first-order valence-electron chi connectivity index (χ1n) is 2.80. The molecule has 1 amide bonds. The zero-order chi connectivity index (χ0) is 7.40. The van der Waals surface area contributed by atoms with Crippen molar-refractivity contribution in [2.75, 3.05) is 0 Å². The Morgan fingerprint density at radius 2 is 2.36 bits per heavy atom. The van der Waals surface area contributed by atoms with Crippen LogP contribution in [0.4, 0.5) is 0 Å². The van der Waals surface area contributed by atoms with E-state index in [-0.39, 0.29) is 12.4 Å². The quantitative estimate of drug-likeness (QED) is 0.707. The second kappa shape index (κ2) is 4.93. The molecule has 4 heteroatoms. The number of primary amides is 1. The molecule has 0 aromatic carbocycles. The molecule has 0 unspecified atom stereocenters. The molecule has 1 aromatic rings. The third kappa shape index (κ3) is 3.80. The molecule has 0 aliphatic carbocycles. The molecule has 2 nitrogen and oxygen atoms in total. The lowest BCUT2D eigenvalue weighted by Crippen LogP contribution is -2.04. The fourth-order valence-electron chi connectivity index (χ4n) is 0.550. The molecule has 0 aliphatic heterocycles. The summed E-state index contributed by atoms with van der Waals surface area (Å²) in [5, 5.41) is 1.95. The van der Waals surface area contributed by atoms with Crippen molar-refractivity contribution in [2.45, 2.75) is 0 Å². The first-order valence-corrected chi connectivity index (χ1v) is 3.68. The van der Waals surface area contributed by atoms with E-state index in [1.165, 1.54) is 6.08 Å². The van der Waals surface area contributed by atoms with E-state index >= 15 is 0 Å². The van der Waals surface area contributed by atoms with Crippen molar-refractivity contribution >= 4 is 35.7 Å². The van der Waals surface area contributed by atoms with Crippen molar-refractivity contribution in [1.29, 1.82) is 0 Å². The third-order valence-electron chi connectivity index (χ3n) is 0.955. The molecule has 0 radical (unpaired) electrons. The molecule has 1 heterocycles. The first kappa shape index (κ1) is 10.2. The Hall–Kier alpha value is -0.800. The SMILES string of the molecule is Cl.NC(=O)C=Cc1cccs1. The van der Waals surface area contributed by atoms with Gasteiger partial charge >= 0.3 is 0 Å². The van der Waals surface area contributed by atoms with E-state index in [4.69, 9.17) is 5.73 Å². The van der Waals surface area contributed by atoms with E-state index in [0.717, 1.165) is 4.88 Å². The fraction of sp³-hybridized carbons (Fsp3) is 0. The van der Waals surface area contributed by atoms with Crippen LogP contribution in [0.2, 0.25) is 0 Å². The topological polar surface area (TPSA) is 43.1 Å².